The number of hydrogen-bond acceptors (Lipinski definition) is 18. The van der Waals surface area contributed by atoms with Crippen molar-refractivity contribution in [2.45, 2.75) is 44.7 Å². The molecule has 2 aromatic heterocycles. The van der Waals surface area contributed by atoms with E-state index in [1.807, 2.05) is 119 Å². The minimum Gasteiger partial charge on any atom is -0.457 e. The molecule has 4 aromatic carbocycles. The number of ether oxygens (including phenoxy) is 5. The van der Waals surface area contributed by atoms with E-state index in [2.05, 4.69) is 40.5 Å². The first-order valence-electron chi connectivity index (χ1n) is 29.5. The molecule has 6 aromatic rings. The molecule has 0 spiro atoms. The molecule has 0 aliphatic carbocycles. The third kappa shape index (κ3) is 17.1. The number of nitrogens with one attached hydrogen (secondary N) is 2. The van der Waals surface area contributed by atoms with Gasteiger partial charge in [-0.15, -0.1) is 0 Å². The first-order valence-corrected chi connectivity index (χ1v) is 29.5. The molecule has 9 rings (SSSR count). The molecule has 3 aliphatic rings. The number of amides is 4. The van der Waals surface area contributed by atoms with E-state index in [1.54, 1.807) is 18.0 Å². The molecule has 2 fully saturated rings. The molecule has 6 N–H and O–H groups in total. The molecule has 5 heterocycles. The van der Waals surface area contributed by atoms with Gasteiger partial charge in [0.25, 0.3) is 0 Å². The number of carbonyl (C=O) groups is 4. The van der Waals surface area contributed by atoms with Gasteiger partial charge in [-0.2, -0.15) is 10.2 Å². The maximum absolute atomic E-state index is 13.7. The fourth-order valence-corrected chi connectivity index (χ4v) is 10.7. The second-order valence-electron chi connectivity index (χ2n) is 20.9. The normalized spacial score (nSPS) is 16.7. The number of hydrazone groups is 1. The summed E-state index contributed by atoms with van der Waals surface area (Å²) in [6.07, 6.45) is 7.09. The SMILES string of the molecule is CN=C1C(=NN)c2ccccc2N(C(=O)CCC(=O)NCCOCCOCCOCCOCCC(=O)NCCN2CCN(C/C=C/C(=O)N3CCCC(n4nc(-c5ccc(Oc6ccccc6)cc5)c5c(N)ncnc54)C3)CC2)Cc2ccccc21. The molecule has 23 nitrogen and oxygen atoms in total. The molecule has 4 amide bonds. The van der Waals surface area contributed by atoms with E-state index in [4.69, 9.17) is 40.4 Å². The average molecular weight is 1180 g/mol. The number of aromatic nitrogens is 4. The van der Waals surface area contributed by atoms with Crippen LogP contribution in [0, 0.1) is 0 Å². The van der Waals surface area contributed by atoms with Gasteiger partial charge in [0.1, 0.15) is 35.0 Å². The predicted molar refractivity (Wildman–Crippen MR) is 329 cm³/mol. The Labute approximate surface area is 501 Å². The minimum atomic E-state index is -0.247. The number of carbonyl (C=O) groups excluding carboxylic acids is 4. The lowest BCUT2D eigenvalue weighted by molar-refractivity contribution is -0.127. The number of piperazine rings is 1. The Morgan fingerprint density at radius 3 is 2.08 bits per heavy atom. The highest BCUT2D eigenvalue weighted by Gasteiger charge is 2.31. The van der Waals surface area contributed by atoms with Crippen LogP contribution in [0.5, 0.6) is 11.5 Å². The van der Waals surface area contributed by atoms with Crippen LogP contribution in [0.25, 0.3) is 22.3 Å². The van der Waals surface area contributed by atoms with Crippen molar-refractivity contribution in [2.24, 2.45) is 15.9 Å². The van der Waals surface area contributed by atoms with E-state index in [0.29, 0.717) is 143 Å². The quantitative estimate of drug-likeness (QED) is 0.0218. The Kier molecular flexibility index (Phi) is 23.2. The van der Waals surface area contributed by atoms with Gasteiger partial charge >= 0.3 is 0 Å². The summed E-state index contributed by atoms with van der Waals surface area (Å²) in [6.45, 7) is 10.1. The Balaban J connectivity index is 0.561. The van der Waals surface area contributed by atoms with Crippen molar-refractivity contribution in [2.75, 3.05) is 136 Å². The summed E-state index contributed by atoms with van der Waals surface area (Å²) in [4.78, 5) is 74.0. The molecule has 454 valence electrons. The van der Waals surface area contributed by atoms with Gasteiger partial charge in [0, 0.05) is 115 Å². The lowest BCUT2D eigenvalue weighted by Gasteiger charge is -2.34. The maximum Gasteiger partial charge on any atom is 0.246 e. The van der Waals surface area contributed by atoms with Gasteiger partial charge in [-0.3, -0.25) is 34.0 Å². The number of hydrogen-bond donors (Lipinski definition) is 4. The molecule has 0 radical (unpaired) electrons. The third-order valence-corrected chi connectivity index (χ3v) is 15.2. The molecule has 1 atom stereocenters. The summed E-state index contributed by atoms with van der Waals surface area (Å²) >= 11 is 0. The molecular weight excluding hydrogens is 1100 g/mol. The van der Waals surface area contributed by atoms with E-state index in [9.17, 15) is 19.2 Å². The highest BCUT2D eigenvalue weighted by atomic mass is 16.6. The summed E-state index contributed by atoms with van der Waals surface area (Å²) in [7, 11) is 1.69. The van der Waals surface area contributed by atoms with Crippen LogP contribution in [-0.4, -0.2) is 195 Å². The Hall–Kier alpha value is -8.45. The maximum atomic E-state index is 13.7. The summed E-state index contributed by atoms with van der Waals surface area (Å²) in [6, 6.07) is 32.4. The third-order valence-electron chi connectivity index (χ3n) is 15.2. The van der Waals surface area contributed by atoms with Crippen molar-refractivity contribution in [1.82, 2.24) is 45.1 Å². The Morgan fingerprint density at radius 2 is 1.34 bits per heavy atom. The average Bonchev–Trinajstić information content (AvgIpc) is 1.66. The molecule has 0 bridgehead atoms. The van der Waals surface area contributed by atoms with Crippen LogP contribution in [-0.2, 0) is 44.7 Å². The molecule has 3 aliphatic heterocycles. The van der Waals surface area contributed by atoms with Crippen LogP contribution < -0.4 is 31.8 Å². The van der Waals surface area contributed by atoms with Gasteiger partial charge in [0.15, 0.2) is 5.65 Å². The molecule has 23 heteroatoms. The van der Waals surface area contributed by atoms with E-state index in [-0.39, 0.29) is 48.9 Å². The number of benzene rings is 4. The summed E-state index contributed by atoms with van der Waals surface area (Å²) in [5, 5.41) is 15.6. The first-order chi connectivity index (χ1) is 42.2. The lowest BCUT2D eigenvalue weighted by atomic mass is 9.91. The second-order valence-corrected chi connectivity index (χ2v) is 20.9. The molecular formula is C63H78N14O9. The van der Waals surface area contributed by atoms with Gasteiger partial charge in [-0.1, -0.05) is 66.7 Å². The topological polar surface area (TPSA) is 272 Å². The number of aliphatic imine (C=N–C) groups is 1. The molecule has 0 saturated carbocycles. The number of nitrogens with two attached hydrogens (primary N) is 2. The zero-order valence-electron chi connectivity index (χ0n) is 48.9. The van der Waals surface area contributed by atoms with Crippen molar-refractivity contribution in [1.29, 1.82) is 0 Å². The van der Waals surface area contributed by atoms with Crippen LogP contribution in [0.4, 0.5) is 11.5 Å². The Morgan fingerprint density at radius 1 is 0.686 bits per heavy atom. The van der Waals surface area contributed by atoms with E-state index >= 15 is 0 Å². The van der Waals surface area contributed by atoms with Crippen molar-refractivity contribution >= 4 is 57.6 Å². The molecule has 1 unspecified atom stereocenters. The second kappa shape index (κ2) is 32.2. The first kappa shape index (κ1) is 62.1. The highest BCUT2D eigenvalue weighted by Crippen LogP contribution is 2.35. The fraction of sp³-hybridized carbons (Fsp3) is 0.413. The predicted octanol–water partition coefficient (Wildman–Crippen LogP) is 5.00. The zero-order chi connectivity index (χ0) is 59.9. The van der Waals surface area contributed by atoms with Crippen LogP contribution in [0.2, 0.25) is 0 Å². The molecule has 86 heavy (non-hydrogen) atoms. The van der Waals surface area contributed by atoms with E-state index in [0.717, 1.165) is 68.0 Å². The van der Waals surface area contributed by atoms with Gasteiger partial charge in [-0.25, -0.2) is 14.6 Å². The number of nitrogens with zero attached hydrogens (tertiary/aromatic N) is 10. The Bertz CT molecular complexity index is 3290. The largest absolute Gasteiger partial charge is 0.457 e. The standard InChI is InChI=1S/C63H78N14O9/c1-66-60-51-15-6-5-11-47(51)43-76(53-17-8-7-16-52(53)61(60)71-65)57(81)24-23-54(78)68-27-36-83-38-40-85-42-41-84-39-37-82-35-25-55(79)67-26-30-74-33-31-73(32-34-74)28-10-18-56(80)75-29-9-12-48(44-75)77-63-58(62(64)69-45-70-63)59(72-77)46-19-21-50(22-20-46)86-49-13-3-2-4-14-49/h2-8,10-11,13-22,45,48H,9,12,23-44,65H2,1H3,(H,67,79)(H,68,78)(H2,64,69,70)/b18-10+,66-60?,71-61?. The highest BCUT2D eigenvalue weighted by molar-refractivity contribution is 6.54. The van der Waals surface area contributed by atoms with Crippen LogP contribution in [0.3, 0.4) is 0 Å². The lowest BCUT2D eigenvalue weighted by Crippen LogP contribution is -2.48. The van der Waals surface area contributed by atoms with Crippen LogP contribution >= 0.6 is 0 Å². The van der Waals surface area contributed by atoms with E-state index in [1.165, 1.54) is 6.33 Å². The van der Waals surface area contributed by atoms with E-state index < -0.39 is 0 Å². The number of piperidine rings is 1. The summed E-state index contributed by atoms with van der Waals surface area (Å²) < 4.78 is 30.3. The van der Waals surface area contributed by atoms with Crippen molar-refractivity contribution < 1.29 is 42.9 Å². The summed E-state index contributed by atoms with van der Waals surface area (Å²) in [5.41, 5.74) is 12.8. The summed E-state index contributed by atoms with van der Waals surface area (Å²) in [5.74, 6) is 7.17. The van der Waals surface area contributed by atoms with Gasteiger partial charge in [-0.05, 0) is 60.9 Å². The number of fused-ring (bicyclic) bond motifs is 3. The monoisotopic (exact) mass is 1170 g/mol. The van der Waals surface area contributed by atoms with Gasteiger partial charge in [0.05, 0.1) is 82.2 Å². The number of rotatable bonds is 28. The van der Waals surface area contributed by atoms with Gasteiger partial charge in [0.2, 0.25) is 23.6 Å². The zero-order valence-corrected chi connectivity index (χ0v) is 48.9. The molecule has 2 saturated heterocycles. The van der Waals surface area contributed by atoms with Crippen molar-refractivity contribution in [3.8, 4) is 22.8 Å². The van der Waals surface area contributed by atoms with Crippen molar-refractivity contribution in [3.63, 3.8) is 0 Å². The van der Waals surface area contributed by atoms with Gasteiger partial charge < -0.3 is 55.7 Å². The van der Waals surface area contributed by atoms with Crippen LogP contribution in [0.1, 0.15) is 54.8 Å². The number of likely N-dealkylation sites (tertiary alicyclic amines) is 1. The van der Waals surface area contributed by atoms with Crippen LogP contribution in [0.15, 0.2) is 132 Å². The minimum absolute atomic E-state index is 0.0141. The van der Waals surface area contributed by atoms with Crippen molar-refractivity contribution in [3.05, 3.63) is 138 Å². The number of anilines is 2. The smallest absolute Gasteiger partial charge is 0.246 e. The fourth-order valence-electron chi connectivity index (χ4n) is 10.7. The number of nitrogen functional groups attached to an aromatic ring is 1. The number of para-hydroxylation sites is 2.